The van der Waals surface area contributed by atoms with E-state index in [4.69, 9.17) is 0 Å². The summed E-state index contributed by atoms with van der Waals surface area (Å²) >= 11 is 0. The molecule has 0 aromatic heterocycles. The van der Waals surface area contributed by atoms with Crippen LogP contribution in [0.2, 0.25) is 0 Å². The first-order chi connectivity index (χ1) is 14.1. The highest BCUT2D eigenvalue weighted by Crippen LogP contribution is 2.35. The van der Waals surface area contributed by atoms with Crippen molar-refractivity contribution in [3.8, 4) is 0 Å². The molecule has 5 heteroatoms. The Kier molecular flexibility index (Phi) is 5.56. The Bertz CT molecular complexity index is 907. The van der Waals surface area contributed by atoms with Crippen molar-refractivity contribution in [3.63, 3.8) is 0 Å². The lowest BCUT2D eigenvalue weighted by molar-refractivity contribution is 0.0656. The van der Waals surface area contributed by atoms with E-state index >= 15 is 0 Å². The number of amides is 2. The Labute approximate surface area is 172 Å². The number of rotatable bonds is 4. The van der Waals surface area contributed by atoms with E-state index in [1.807, 2.05) is 41.3 Å². The number of carbonyl (C=O) groups is 2. The zero-order chi connectivity index (χ0) is 20.4. The van der Waals surface area contributed by atoms with Crippen molar-refractivity contribution in [2.75, 3.05) is 23.3 Å². The van der Waals surface area contributed by atoms with Crippen molar-refractivity contribution < 1.29 is 9.59 Å². The number of benzene rings is 2. The van der Waals surface area contributed by atoms with Gasteiger partial charge < -0.3 is 15.1 Å². The first-order valence-corrected chi connectivity index (χ1v) is 10.7. The van der Waals surface area contributed by atoms with Crippen LogP contribution in [0.1, 0.15) is 65.8 Å². The third-order valence-electron chi connectivity index (χ3n) is 6.10. The maximum atomic E-state index is 13.1. The molecular formula is C24H29N3O2. The summed E-state index contributed by atoms with van der Waals surface area (Å²) in [6, 6.07) is 13.4. The Morgan fingerprint density at radius 1 is 1.07 bits per heavy atom. The lowest BCUT2D eigenvalue weighted by atomic mass is 10.0. The monoisotopic (exact) mass is 391 g/mol. The number of hydrogen-bond donors (Lipinski definition) is 1. The minimum Gasteiger partial charge on any atom is -0.351 e. The van der Waals surface area contributed by atoms with Gasteiger partial charge in [0.15, 0.2) is 0 Å². The molecule has 0 spiro atoms. The molecule has 2 heterocycles. The van der Waals surface area contributed by atoms with Gasteiger partial charge in [0.2, 0.25) is 0 Å². The van der Waals surface area contributed by atoms with Gasteiger partial charge in [0.25, 0.3) is 11.8 Å². The lowest BCUT2D eigenvalue weighted by Gasteiger charge is -2.44. The standard InChI is InChI=1S/C24H29N3O2/c1-3-17-9-12-19(13-10-17)25-23(28)18-11-14-20-21(16-18)26(4-2)22-8-6-5-7-15-27(22)24(20)29/h9-14,16,22H,3-8,15H2,1-2H3,(H,25,28). The van der Waals surface area contributed by atoms with Crippen LogP contribution in [0, 0.1) is 0 Å². The van der Waals surface area contributed by atoms with E-state index in [0.29, 0.717) is 11.1 Å². The summed E-state index contributed by atoms with van der Waals surface area (Å²) < 4.78 is 0. The number of hydrogen-bond acceptors (Lipinski definition) is 3. The normalized spacial score (nSPS) is 18.7. The molecule has 0 aliphatic carbocycles. The molecule has 1 saturated heterocycles. The fraction of sp³-hybridized carbons (Fsp3) is 0.417. The van der Waals surface area contributed by atoms with Gasteiger partial charge in [-0.2, -0.15) is 0 Å². The molecule has 2 aliphatic heterocycles. The van der Waals surface area contributed by atoms with E-state index in [1.54, 1.807) is 6.07 Å². The highest BCUT2D eigenvalue weighted by atomic mass is 16.2. The Balaban J connectivity index is 1.62. The summed E-state index contributed by atoms with van der Waals surface area (Å²) in [4.78, 5) is 30.2. The zero-order valence-electron chi connectivity index (χ0n) is 17.3. The molecule has 1 fully saturated rings. The van der Waals surface area contributed by atoms with Gasteiger partial charge in [-0.05, 0) is 68.5 Å². The third kappa shape index (κ3) is 3.74. The summed E-state index contributed by atoms with van der Waals surface area (Å²) in [5.74, 6) is -0.0532. The summed E-state index contributed by atoms with van der Waals surface area (Å²) in [7, 11) is 0. The minimum absolute atomic E-state index is 0.0960. The number of nitrogens with one attached hydrogen (secondary N) is 1. The maximum Gasteiger partial charge on any atom is 0.257 e. The zero-order valence-corrected chi connectivity index (χ0v) is 17.3. The molecule has 2 aromatic rings. The van der Waals surface area contributed by atoms with Gasteiger partial charge in [0.05, 0.1) is 11.3 Å². The second-order valence-corrected chi connectivity index (χ2v) is 7.85. The number of fused-ring (bicyclic) bond motifs is 2. The van der Waals surface area contributed by atoms with Crippen molar-refractivity contribution in [2.24, 2.45) is 0 Å². The molecule has 4 rings (SSSR count). The highest BCUT2D eigenvalue weighted by Gasteiger charge is 2.37. The van der Waals surface area contributed by atoms with Crippen LogP contribution in [0.3, 0.4) is 0 Å². The van der Waals surface area contributed by atoms with E-state index in [0.717, 1.165) is 50.1 Å². The van der Waals surface area contributed by atoms with Crippen LogP contribution >= 0.6 is 0 Å². The van der Waals surface area contributed by atoms with Crippen molar-refractivity contribution >= 4 is 23.2 Å². The van der Waals surface area contributed by atoms with Crippen LogP contribution in [-0.4, -0.2) is 36.0 Å². The largest absolute Gasteiger partial charge is 0.351 e. The molecule has 1 atom stereocenters. The van der Waals surface area contributed by atoms with Crippen molar-refractivity contribution in [1.82, 2.24) is 4.90 Å². The van der Waals surface area contributed by atoms with E-state index in [1.165, 1.54) is 12.0 Å². The van der Waals surface area contributed by atoms with E-state index in [9.17, 15) is 9.59 Å². The average molecular weight is 392 g/mol. The van der Waals surface area contributed by atoms with Crippen LogP contribution in [0.4, 0.5) is 11.4 Å². The molecule has 2 aromatic carbocycles. The Morgan fingerprint density at radius 2 is 1.86 bits per heavy atom. The topological polar surface area (TPSA) is 52.7 Å². The predicted molar refractivity (Wildman–Crippen MR) is 117 cm³/mol. The SMILES string of the molecule is CCc1ccc(NC(=O)c2ccc3c(c2)N(CC)C2CCCCCN2C3=O)cc1. The van der Waals surface area contributed by atoms with Crippen LogP contribution in [0.25, 0.3) is 0 Å². The summed E-state index contributed by atoms with van der Waals surface area (Å²) in [5, 5.41) is 2.97. The second kappa shape index (κ2) is 8.27. The van der Waals surface area contributed by atoms with Crippen molar-refractivity contribution in [3.05, 3.63) is 59.2 Å². The molecule has 2 amide bonds. The van der Waals surface area contributed by atoms with E-state index in [2.05, 4.69) is 24.1 Å². The van der Waals surface area contributed by atoms with Gasteiger partial charge in [-0.3, -0.25) is 9.59 Å². The lowest BCUT2D eigenvalue weighted by Crippen LogP contribution is -2.55. The van der Waals surface area contributed by atoms with Gasteiger partial charge in [-0.25, -0.2) is 0 Å². The van der Waals surface area contributed by atoms with Crippen LogP contribution in [-0.2, 0) is 6.42 Å². The average Bonchev–Trinajstić information content (AvgIpc) is 3.01. The maximum absolute atomic E-state index is 13.1. The Hall–Kier alpha value is -2.82. The second-order valence-electron chi connectivity index (χ2n) is 7.85. The first-order valence-electron chi connectivity index (χ1n) is 10.7. The molecular weight excluding hydrogens is 362 g/mol. The van der Waals surface area contributed by atoms with Gasteiger partial charge in [0, 0.05) is 24.3 Å². The number of nitrogens with zero attached hydrogens (tertiary/aromatic N) is 2. The van der Waals surface area contributed by atoms with Crippen LogP contribution in [0.15, 0.2) is 42.5 Å². The van der Waals surface area contributed by atoms with Gasteiger partial charge in [0.1, 0.15) is 6.17 Å². The summed E-state index contributed by atoms with van der Waals surface area (Å²) in [6.07, 6.45) is 5.42. The van der Waals surface area contributed by atoms with E-state index in [-0.39, 0.29) is 18.0 Å². The van der Waals surface area contributed by atoms with Gasteiger partial charge in [-0.15, -0.1) is 0 Å². The minimum atomic E-state index is -0.149. The quantitative estimate of drug-likeness (QED) is 0.823. The molecule has 0 saturated carbocycles. The molecule has 152 valence electrons. The summed E-state index contributed by atoms with van der Waals surface area (Å²) in [5.41, 5.74) is 4.19. The molecule has 29 heavy (non-hydrogen) atoms. The van der Waals surface area contributed by atoms with Crippen molar-refractivity contribution in [2.45, 2.75) is 52.1 Å². The van der Waals surface area contributed by atoms with Crippen molar-refractivity contribution in [1.29, 1.82) is 0 Å². The highest BCUT2D eigenvalue weighted by molar-refractivity contribution is 6.08. The fourth-order valence-electron chi connectivity index (χ4n) is 4.47. The Morgan fingerprint density at radius 3 is 2.59 bits per heavy atom. The summed E-state index contributed by atoms with van der Waals surface area (Å²) in [6.45, 7) is 5.85. The number of aryl methyl sites for hydroxylation is 1. The fourth-order valence-corrected chi connectivity index (χ4v) is 4.47. The van der Waals surface area contributed by atoms with Crippen LogP contribution < -0.4 is 10.2 Å². The van der Waals surface area contributed by atoms with Gasteiger partial charge >= 0.3 is 0 Å². The molecule has 1 N–H and O–H groups in total. The predicted octanol–water partition coefficient (Wildman–Crippen LogP) is 4.68. The molecule has 0 bridgehead atoms. The van der Waals surface area contributed by atoms with Gasteiger partial charge in [-0.1, -0.05) is 25.5 Å². The molecule has 2 aliphatic rings. The van der Waals surface area contributed by atoms with Crippen LogP contribution in [0.5, 0.6) is 0 Å². The number of anilines is 2. The first kappa shape index (κ1) is 19.5. The third-order valence-corrected chi connectivity index (χ3v) is 6.10. The smallest absolute Gasteiger partial charge is 0.257 e. The molecule has 5 nitrogen and oxygen atoms in total. The number of carbonyl (C=O) groups excluding carboxylic acids is 2. The molecule has 0 radical (unpaired) electrons. The molecule has 1 unspecified atom stereocenters. The van der Waals surface area contributed by atoms with E-state index < -0.39 is 0 Å².